The van der Waals surface area contributed by atoms with E-state index in [1.165, 1.54) is 16.8 Å². The fourth-order valence-electron chi connectivity index (χ4n) is 2.87. The average Bonchev–Trinajstić information content (AvgIpc) is 3.03. The van der Waals surface area contributed by atoms with Gasteiger partial charge < -0.3 is 9.84 Å². The second kappa shape index (κ2) is 8.86. The number of hydrogen-bond donors (Lipinski definition) is 1. The molecule has 11 heteroatoms. The fraction of sp³-hybridized carbons (Fsp3) is 0.467. The zero-order chi connectivity index (χ0) is 17.8. The van der Waals surface area contributed by atoms with Gasteiger partial charge in [-0.1, -0.05) is 0 Å². The molecule has 1 fully saturated rings. The second-order valence-electron chi connectivity index (χ2n) is 5.79. The molecule has 0 spiro atoms. The number of hydrogen-bond acceptors (Lipinski definition) is 6. The van der Waals surface area contributed by atoms with Gasteiger partial charge in [-0.3, -0.25) is 9.69 Å². The van der Waals surface area contributed by atoms with Crippen LogP contribution in [0.15, 0.2) is 24.3 Å². The van der Waals surface area contributed by atoms with Gasteiger partial charge in [-0.15, -0.1) is 17.5 Å². The number of aromatic nitrogens is 4. The summed E-state index contributed by atoms with van der Waals surface area (Å²) in [4.78, 5) is 13.2. The molecule has 0 radical (unpaired) electrons. The van der Waals surface area contributed by atoms with Gasteiger partial charge in [-0.25, -0.2) is 0 Å². The van der Waals surface area contributed by atoms with Gasteiger partial charge in [0, 0.05) is 6.54 Å². The van der Waals surface area contributed by atoms with E-state index in [1.54, 1.807) is 12.1 Å². The molecule has 1 saturated heterocycles. The van der Waals surface area contributed by atoms with Crippen LogP contribution in [-0.2, 0) is 11.3 Å². The maximum absolute atomic E-state index is 12.2. The largest absolute Gasteiger partial charge is 0.481 e. The van der Waals surface area contributed by atoms with E-state index < -0.39 is 12.6 Å². The molecule has 1 N–H and O–H groups in total. The molecule has 2 heterocycles. The first-order valence-corrected chi connectivity index (χ1v) is 7.80. The summed E-state index contributed by atoms with van der Waals surface area (Å²) in [5.41, 5.74) is 0.605. The van der Waals surface area contributed by atoms with Gasteiger partial charge in [-0.2, -0.15) is 13.5 Å². The van der Waals surface area contributed by atoms with Crippen LogP contribution in [0, 0.1) is 5.92 Å². The Morgan fingerprint density at radius 2 is 2.08 bits per heavy atom. The Balaban J connectivity index is 0.00000243. The number of carboxylic acids is 1. The molecule has 1 aromatic heterocycles. The minimum Gasteiger partial charge on any atom is -0.481 e. The van der Waals surface area contributed by atoms with Crippen LogP contribution in [-0.4, -0.2) is 55.9 Å². The SMILES string of the molecule is Cl.O=C(O)C1CCCN(Cc2nnnn2-c2ccc(OC(F)F)cc2)C1. The lowest BCUT2D eigenvalue weighted by molar-refractivity contribution is -0.143. The Morgan fingerprint density at radius 3 is 2.73 bits per heavy atom. The van der Waals surface area contributed by atoms with Crippen molar-refractivity contribution in [2.75, 3.05) is 13.1 Å². The third kappa shape index (κ3) is 4.85. The molecule has 1 atom stereocenters. The van der Waals surface area contributed by atoms with E-state index in [0.29, 0.717) is 31.0 Å². The van der Waals surface area contributed by atoms with E-state index in [1.807, 2.05) is 4.90 Å². The van der Waals surface area contributed by atoms with Crippen molar-refractivity contribution < 1.29 is 23.4 Å². The molecule has 1 aromatic carbocycles. The number of carboxylic acid groups (broad SMARTS) is 1. The van der Waals surface area contributed by atoms with Gasteiger partial charge in [0.15, 0.2) is 5.82 Å². The standard InChI is InChI=1S/C15H17F2N5O3.ClH/c16-15(17)25-12-5-3-11(4-6-12)22-13(18-19-20-22)9-21-7-1-2-10(8-21)14(23)24;/h3-6,10,15H,1-2,7-9H2,(H,23,24);1H. The number of nitrogens with zero attached hydrogens (tertiary/aromatic N) is 5. The molecule has 1 unspecified atom stereocenters. The van der Waals surface area contributed by atoms with Gasteiger partial charge in [-0.05, 0) is 54.1 Å². The van der Waals surface area contributed by atoms with E-state index in [0.717, 1.165) is 13.0 Å². The van der Waals surface area contributed by atoms with Gasteiger partial charge in [0.1, 0.15) is 5.75 Å². The number of rotatable bonds is 6. The van der Waals surface area contributed by atoms with Crippen LogP contribution in [0.3, 0.4) is 0 Å². The lowest BCUT2D eigenvalue weighted by Gasteiger charge is -2.29. The minimum atomic E-state index is -2.88. The van der Waals surface area contributed by atoms with Crippen molar-refractivity contribution in [1.29, 1.82) is 0 Å². The predicted octanol–water partition coefficient (Wildman–Crippen LogP) is 1.98. The first kappa shape index (κ1) is 20.0. The van der Waals surface area contributed by atoms with E-state index >= 15 is 0 Å². The monoisotopic (exact) mass is 389 g/mol. The third-order valence-corrected chi connectivity index (χ3v) is 4.06. The van der Waals surface area contributed by atoms with Gasteiger partial charge in [0.25, 0.3) is 0 Å². The Morgan fingerprint density at radius 1 is 1.35 bits per heavy atom. The van der Waals surface area contributed by atoms with E-state index in [2.05, 4.69) is 20.3 Å². The molecule has 1 aliphatic heterocycles. The number of likely N-dealkylation sites (tertiary alicyclic amines) is 1. The highest BCUT2D eigenvalue weighted by molar-refractivity contribution is 5.85. The second-order valence-corrected chi connectivity index (χ2v) is 5.79. The fourth-order valence-corrected chi connectivity index (χ4v) is 2.87. The van der Waals surface area contributed by atoms with Crippen molar-refractivity contribution in [2.24, 2.45) is 5.92 Å². The van der Waals surface area contributed by atoms with Crippen molar-refractivity contribution in [3.05, 3.63) is 30.1 Å². The molecule has 26 heavy (non-hydrogen) atoms. The molecule has 0 aliphatic carbocycles. The lowest BCUT2D eigenvalue weighted by atomic mass is 9.98. The number of ether oxygens (including phenoxy) is 1. The van der Waals surface area contributed by atoms with Crippen molar-refractivity contribution in [3.63, 3.8) is 0 Å². The average molecular weight is 390 g/mol. The van der Waals surface area contributed by atoms with Gasteiger partial charge in [0.05, 0.1) is 18.2 Å². The number of halogens is 3. The van der Waals surface area contributed by atoms with Crippen LogP contribution in [0.25, 0.3) is 5.69 Å². The Hall–Kier alpha value is -2.33. The van der Waals surface area contributed by atoms with Crippen molar-refractivity contribution in [1.82, 2.24) is 25.1 Å². The zero-order valence-corrected chi connectivity index (χ0v) is 14.5. The molecule has 2 aromatic rings. The molecular weight excluding hydrogens is 372 g/mol. The zero-order valence-electron chi connectivity index (χ0n) is 13.7. The number of benzene rings is 1. The number of alkyl halides is 2. The Labute approximate surface area is 154 Å². The highest BCUT2D eigenvalue weighted by atomic mass is 35.5. The summed E-state index contributed by atoms with van der Waals surface area (Å²) >= 11 is 0. The molecule has 0 amide bonds. The topological polar surface area (TPSA) is 93.4 Å². The van der Waals surface area contributed by atoms with Gasteiger partial charge >= 0.3 is 12.6 Å². The summed E-state index contributed by atoms with van der Waals surface area (Å²) in [6.07, 6.45) is 1.47. The lowest BCUT2D eigenvalue weighted by Crippen LogP contribution is -2.38. The highest BCUT2D eigenvalue weighted by Crippen LogP contribution is 2.20. The van der Waals surface area contributed by atoms with Crippen LogP contribution in [0.5, 0.6) is 5.75 Å². The molecule has 0 bridgehead atoms. The smallest absolute Gasteiger partial charge is 0.387 e. The number of tetrazole rings is 1. The van der Waals surface area contributed by atoms with E-state index in [9.17, 15) is 13.6 Å². The van der Waals surface area contributed by atoms with E-state index in [-0.39, 0.29) is 24.1 Å². The van der Waals surface area contributed by atoms with E-state index in [4.69, 9.17) is 5.11 Å². The molecular formula is C15H18ClF2N5O3. The summed E-state index contributed by atoms with van der Waals surface area (Å²) in [7, 11) is 0. The Kier molecular flexibility index (Phi) is 6.81. The van der Waals surface area contributed by atoms with Crippen LogP contribution >= 0.6 is 12.4 Å². The number of aliphatic carboxylic acids is 1. The summed E-state index contributed by atoms with van der Waals surface area (Å²) in [5, 5.41) is 20.7. The maximum atomic E-state index is 12.2. The van der Waals surface area contributed by atoms with Crippen LogP contribution in [0.2, 0.25) is 0 Å². The third-order valence-electron chi connectivity index (χ3n) is 4.06. The van der Waals surface area contributed by atoms with Crippen LogP contribution < -0.4 is 4.74 Å². The Bertz CT molecular complexity index is 728. The molecule has 1 aliphatic rings. The quantitative estimate of drug-likeness (QED) is 0.807. The number of carbonyl (C=O) groups is 1. The van der Waals surface area contributed by atoms with Crippen molar-refractivity contribution in [2.45, 2.75) is 26.0 Å². The summed E-state index contributed by atoms with van der Waals surface area (Å²) in [6.45, 7) is -1.25. The predicted molar refractivity (Wildman–Crippen MR) is 88.7 cm³/mol. The summed E-state index contributed by atoms with van der Waals surface area (Å²) in [6, 6.07) is 5.98. The highest BCUT2D eigenvalue weighted by Gasteiger charge is 2.26. The maximum Gasteiger partial charge on any atom is 0.387 e. The van der Waals surface area contributed by atoms with Crippen LogP contribution in [0.1, 0.15) is 18.7 Å². The molecule has 3 rings (SSSR count). The first-order valence-electron chi connectivity index (χ1n) is 7.80. The molecule has 0 saturated carbocycles. The normalized spacial score (nSPS) is 17.7. The van der Waals surface area contributed by atoms with Crippen molar-refractivity contribution >= 4 is 18.4 Å². The minimum absolute atomic E-state index is 0. The number of piperidine rings is 1. The van der Waals surface area contributed by atoms with Crippen molar-refractivity contribution in [3.8, 4) is 11.4 Å². The first-order chi connectivity index (χ1) is 12.0. The van der Waals surface area contributed by atoms with Gasteiger partial charge in [0.2, 0.25) is 0 Å². The van der Waals surface area contributed by atoms with Crippen LogP contribution in [0.4, 0.5) is 8.78 Å². The summed E-state index contributed by atoms with van der Waals surface area (Å²) < 4.78 is 30.2. The molecule has 8 nitrogen and oxygen atoms in total. The molecule has 142 valence electrons. The summed E-state index contributed by atoms with van der Waals surface area (Å²) in [5.74, 6) is -0.579.